The van der Waals surface area contributed by atoms with Crippen LogP contribution in [0.25, 0.3) is 0 Å². The Balaban J connectivity index is 1.77. The molecule has 0 aliphatic heterocycles. The number of rotatable bonds is 19. The third kappa shape index (κ3) is 12.0. The molecule has 0 aliphatic rings. The Labute approximate surface area is 250 Å². The lowest BCUT2D eigenvalue weighted by Gasteiger charge is -2.14. The molecule has 2 aromatic rings. The molecule has 0 heterocycles. The van der Waals surface area contributed by atoms with Crippen molar-refractivity contribution < 1.29 is 38.1 Å². The lowest BCUT2D eigenvalue weighted by molar-refractivity contribution is 0.0265. The first-order valence-electron chi connectivity index (χ1n) is 15.2. The van der Waals surface area contributed by atoms with Gasteiger partial charge in [0.05, 0.1) is 35.5 Å². The fraction of sp³-hybridized carbons (Fsp3) is 0.529. The highest BCUT2D eigenvalue weighted by atomic mass is 16.6. The molecular weight excluding hydrogens is 536 g/mol. The van der Waals surface area contributed by atoms with Crippen molar-refractivity contribution in [2.24, 2.45) is 11.8 Å². The van der Waals surface area contributed by atoms with E-state index in [1.54, 1.807) is 18.2 Å². The first-order chi connectivity index (χ1) is 20.3. The van der Waals surface area contributed by atoms with Crippen molar-refractivity contribution in [2.75, 3.05) is 26.4 Å². The number of unbranched alkanes of at least 4 members (excludes halogenated alkanes) is 2. The molecule has 0 aliphatic carbocycles. The van der Waals surface area contributed by atoms with Crippen LogP contribution in [-0.4, -0.2) is 50.3 Å². The van der Waals surface area contributed by atoms with Crippen LogP contribution in [0.3, 0.4) is 0 Å². The Morgan fingerprint density at radius 1 is 0.548 bits per heavy atom. The van der Waals surface area contributed by atoms with Crippen LogP contribution < -0.4 is 0 Å². The summed E-state index contributed by atoms with van der Waals surface area (Å²) in [4.78, 5) is 49.7. The molecule has 0 bridgehead atoms. The highest BCUT2D eigenvalue weighted by Crippen LogP contribution is 2.16. The molecule has 8 heteroatoms. The fourth-order valence-electron chi connectivity index (χ4n) is 4.30. The number of carbonyl (C=O) groups excluding carboxylic acids is 4. The topological polar surface area (TPSA) is 105 Å². The molecule has 0 fully saturated rings. The lowest BCUT2D eigenvalue weighted by Crippen LogP contribution is -2.16. The van der Waals surface area contributed by atoms with E-state index in [-0.39, 0.29) is 29.9 Å². The summed E-state index contributed by atoms with van der Waals surface area (Å²) < 4.78 is 21.3. The number of benzene rings is 2. The minimum absolute atomic E-state index is 0.150. The highest BCUT2D eigenvalue weighted by Gasteiger charge is 2.16. The molecule has 2 aromatic carbocycles. The van der Waals surface area contributed by atoms with Gasteiger partial charge in [-0.05, 0) is 67.1 Å². The SMILES string of the molecule is CCCCC(CC)COC(=O)c1ccc(C(=O)OCCOC(=O)c2cccc(C(=O)OCC(CC)CCCC)c2)cc1. The molecule has 0 spiro atoms. The number of hydrogen-bond acceptors (Lipinski definition) is 8. The van der Waals surface area contributed by atoms with Gasteiger partial charge in [0.25, 0.3) is 0 Å². The molecule has 2 rings (SSSR count). The first-order valence-corrected chi connectivity index (χ1v) is 15.2. The maximum atomic E-state index is 12.5. The quantitative estimate of drug-likeness (QED) is 0.0955. The smallest absolute Gasteiger partial charge is 0.338 e. The van der Waals surface area contributed by atoms with Crippen molar-refractivity contribution in [2.45, 2.75) is 79.1 Å². The first kappa shape index (κ1) is 34.5. The molecule has 0 radical (unpaired) electrons. The van der Waals surface area contributed by atoms with E-state index in [9.17, 15) is 19.2 Å². The van der Waals surface area contributed by atoms with Gasteiger partial charge in [0.2, 0.25) is 0 Å². The van der Waals surface area contributed by atoms with Crippen molar-refractivity contribution in [3.8, 4) is 0 Å². The summed E-state index contributed by atoms with van der Waals surface area (Å²) in [7, 11) is 0. The number of hydrogen-bond donors (Lipinski definition) is 0. The van der Waals surface area contributed by atoms with Gasteiger partial charge in [0.15, 0.2) is 0 Å². The Kier molecular flexibility index (Phi) is 16.0. The fourth-order valence-corrected chi connectivity index (χ4v) is 4.30. The second-order valence-electron chi connectivity index (χ2n) is 10.5. The molecule has 2 unspecified atom stereocenters. The van der Waals surface area contributed by atoms with Gasteiger partial charge in [-0.25, -0.2) is 19.2 Å². The molecule has 42 heavy (non-hydrogen) atoms. The summed E-state index contributed by atoms with van der Waals surface area (Å²) in [5, 5.41) is 0. The largest absolute Gasteiger partial charge is 0.462 e. The zero-order valence-corrected chi connectivity index (χ0v) is 25.5. The van der Waals surface area contributed by atoms with Crippen LogP contribution in [0.2, 0.25) is 0 Å². The average molecular weight is 583 g/mol. The molecule has 230 valence electrons. The van der Waals surface area contributed by atoms with Crippen LogP contribution in [0, 0.1) is 11.8 Å². The van der Waals surface area contributed by atoms with Crippen LogP contribution in [0.4, 0.5) is 0 Å². The Morgan fingerprint density at radius 2 is 0.929 bits per heavy atom. The number of ether oxygens (including phenoxy) is 4. The van der Waals surface area contributed by atoms with Gasteiger partial charge < -0.3 is 18.9 Å². The summed E-state index contributed by atoms with van der Waals surface area (Å²) in [6.07, 6.45) is 8.32. The molecule has 0 saturated heterocycles. The minimum Gasteiger partial charge on any atom is -0.462 e. The molecule has 0 saturated carbocycles. The lowest BCUT2D eigenvalue weighted by atomic mass is 10.0. The Bertz CT molecular complexity index is 1120. The van der Waals surface area contributed by atoms with E-state index in [4.69, 9.17) is 18.9 Å². The van der Waals surface area contributed by atoms with Crippen molar-refractivity contribution in [3.63, 3.8) is 0 Å². The standard InChI is InChI=1S/C34H46O8/c1-5-9-12-25(7-3)23-41-32(36)28-18-16-27(17-19-28)31(35)39-20-21-40-33(37)29-14-11-15-30(22-29)34(38)42-24-26(8-4)13-10-6-2/h11,14-19,22,25-26H,5-10,12-13,20-21,23-24H2,1-4H3. The van der Waals surface area contributed by atoms with Crippen molar-refractivity contribution in [1.82, 2.24) is 0 Å². The third-order valence-corrected chi connectivity index (χ3v) is 7.23. The van der Waals surface area contributed by atoms with Gasteiger partial charge in [-0.1, -0.05) is 72.3 Å². The maximum Gasteiger partial charge on any atom is 0.338 e. The van der Waals surface area contributed by atoms with Crippen LogP contribution >= 0.6 is 0 Å². The van der Waals surface area contributed by atoms with Gasteiger partial charge in [-0.15, -0.1) is 0 Å². The van der Waals surface area contributed by atoms with Crippen molar-refractivity contribution in [3.05, 3.63) is 70.8 Å². The predicted octanol–water partition coefficient (Wildman–Crippen LogP) is 7.45. The number of carbonyl (C=O) groups is 4. The summed E-state index contributed by atoms with van der Waals surface area (Å²) in [6.45, 7) is 8.85. The number of esters is 4. The van der Waals surface area contributed by atoms with Gasteiger partial charge in [0, 0.05) is 0 Å². The monoisotopic (exact) mass is 582 g/mol. The molecule has 2 atom stereocenters. The third-order valence-electron chi connectivity index (χ3n) is 7.23. The van der Waals surface area contributed by atoms with Gasteiger partial charge in [0.1, 0.15) is 13.2 Å². The Morgan fingerprint density at radius 3 is 1.33 bits per heavy atom. The molecule has 0 aromatic heterocycles. The summed E-state index contributed by atoms with van der Waals surface area (Å²) in [6, 6.07) is 12.2. The summed E-state index contributed by atoms with van der Waals surface area (Å²) >= 11 is 0. The average Bonchev–Trinajstić information content (AvgIpc) is 3.02. The predicted molar refractivity (Wildman–Crippen MR) is 161 cm³/mol. The van der Waals surface area contributed by atoms with Crippen molar-refractivity contribution >= 4 is 23.9 Å². The minimum atomic E-state index is -0.641. The van der Waals surface area contributed by atoms with E-state index in [1.165, 1.54) is 30.3 Å². The second-order valence-corrected chi connectivity index (χ2v) is 10.5. The molecule has 0 amide bonds. The molecule has 8 nitrogen and oxygen atoms in total. The normalized spacial score (nSPS) is 12.2. The van der Waals surface area contributed by atoms with E-state index < -0.39 is 23.9 Å². The Hall–Kier alpha value is -3.68. The molecule has 0 N–H and O–H groups in total. The zero-order valence-electron chi connectivity index (χ0n) is 25.5. The van der Waals surface area contributed by atoms with E-state index in [0.29, 0.717) is 30.6 Å². The van der Waals surface area contributed by atoms with E-state index >= 15 is 0 Å². The van der Waals surface area contributed by atoms with Gasteiger partial charge in [-0.3, -0.25) is 0 Å². The maximum absolute atomic E-state index is 12.5. The van der Waals surface area contributed by atoms with Crippen molar-refractivity contribution in [1.29, 1.82) is 0 Å². The van der Waals surface area contributed by atoms with Crippen LogP contribution in [0.5, 0.6) is 0 Å². The van der Waals surface area contributed by atoms with Crippen LogP contribution in [0.1, 0.15) is 120 Å². The van der Waals surface area contributed by atoms with Crippen LogP contribution in [0.15, 0.2) is 48.5 Å². The van der Waals surface area contributed by atoms with E-state index in [0.717, 1.165) is 51.4 Å². The van der Waals surface area contributed by atoms with E-state index in [1.807, 2.05) is 0 Å². The van der Waals surface area contributed by atoms with E-state index in [2.05, 4.69) is 27.7 Å². The van der Waals surface area contributed by atoms with Gasteiger partial charge >= 0.3 is 23.9 Å². The summed E-state index contributed by atoms with van der Waals surface area (Å²) in [5.41, 5.74) is 1.10. The zero-order chi connectivity index (χ0) is 30.7. The summed E-state index contributed by atoms with van der Waals surface area (Å²) in [5.74, 6) is -1.49. The highest BCUT2D eigenvalue weighted by molar-refractivity contribution is 5.95. The second kappa shape index (κ2) is 19.4. The van der Waals surface area contributed by atoms with Crippen LogP contribution in [-0.2, 0) is 18.9 Å². The molecular formula is C34H46O8. The van der Waals surface area contributed by atoms with Gasteiger partial charge in [-0.2, -0.15) is 0 Å².